The fourth-order valence-electron chi connectivity index (χ4n) is 1.42. The van der Waals surface area contributed by atoms with Crippen molar-refractivity contribution in [3.05, 3.63) is 18.0 Å². The monoisotopic (exact) mass is 276 g/mol. The normalized spacial score (nSPS) is 11.7. The number of halogens is 1. The second-order valence-electron chi connectivity index (χ2n) is 3.91. The summed E-state index contributed by atoms with van der Waals surface area (Å²) in [6.07, 6.45) is 3.65. The average molecular weight is 277 g/mol. The molecule has 0 saturated carbocycles. The summed E-state index contributed by atoms with van der Waals surface area (Å²) in [4.78, 5) is 11.6. The smallest absolute Gasteiger partial charge is 0.234 e. The molecule has 0 spiro atoms. The van der Waals surface area contributed by atoms with Crippen molar-refractivity contribution in [3.63, 3.8) is 0 Å². The van der Waals surface area contributed by atoms with Gasteiger partial charge in [-0.2, -0.15) is 5.10 Å². The van der Waals surface area contributed by atoms with E-state index in [9.17, 15) is 4.79 Å². The zero-order valence-corrected chi connectivity index (χ0v) is 11.8. The van der Waals surface area contributed by atoms with Crippen molar-refractivity contribution in [2.75, 3.05) is 26.8 Å². The summed E-state index contributed by atoms with van der Waals surface area (Å²) in [5, 5.41) is 9.95. The number of aryl methyl sites for hydroxylation is 1. The third-order valence-corrected chi connectivity index (χ3v) is 2.37. The third-order valence-electron chi connectivity index (χ3n) is 2.37. The SMILES string of the molecule is COCCNCC(=O)NC(C)c1cnn(C)c1.Cl. The number of carbonyl (C=O) groups is 1. The molecule has 0 bridgehead atoms. The number of methoxy groups -OCH3 is 1. The van der Waals surface area contributed by atoms with Gasteiger partial charge in [0.25, 0.3) is 0 Å². The Balaban J connectivity index is 0.00000289. The number of ether oxygens (including phenoxy) is 1. The van der Waals surface area contributed by atoms with E-state index in [0.29, 0.717) is 19.7 Å². The summed E-state index contributed by atoms with van der Waals surface area (Å²) in [6, 6.07) is -0.0274. The molecule has 0 aliphatic heterocycles. The van der Waals surface area contributed by atoms with Crippen LogP contribution < -0.4 is 10.6 Å². The number of nitrogens with zero attached hydrogens (tertiary/aromatic N) is 2. The first-order valence-electron chi connectivity index (χ1n) is 5.61. The van der Waals surface area contributed by atoms with Crippen LogP contribution in [0.15, 0.2) is 12.4 Å². The summed E-state index contributed by atoms with van der Waals surface area (Å²) in [7, 11) is 3.48. The number of carbonyl (C=O) groups excluding carboxylic acids is 1. The van der Waals surface area contributed by atoms with E-state index < -0.39 is 0 Å². The van der Waals surface area contributed by atoms with Crippen molar-refractivity contribution in [2.24, 2.45) is 7.05 Å². The Morgan fingerprint density at radius 3 is 2.89 bits per heavy atom. The molecule has 1 unspecified atom stereocenters. The van der Waals surface area contributed by atoms with Gasteiger partial charge in [-0.3, -0.25) is 9.48 Å². The highest BCUT2D eigenvalue weighted by molar-refractivity contribution is 5.85. The van der Waals surface area contributed by atoms with Crippen LogP contribution in [-0.2, 0) is 16.6 Å². The molecule has 2 N–H and O–H groups in total. The molecular weight excluding hydrogens is 256 g/mol. The molecule has 0 aliphatic carbocycles. The van der Waals surface area contributed by atoms with Gasteiger partial charge in [-0.05, 0) is 6.92 Å². The maximum atomic E-state index is 11.6. The maximum absolute atomic E-state index is 11.6. The van der Waals surface area contributed by atoms with Crippen molar-refractivity contribution in [2.45, 2.75) is 13.0 Å². The molecule has 1 amide bonds. The highest BCUT2D eigenvalue weighted by Gasteiger charge is 2.10. The quantitative estimate of drug-likeness (QED) is 0.701. The third kappa shape index (κ3) is 6.00. The van der Waals surface area contributed by atoms with Crippen LogP contribution in [0.4, 0.5) is 0 Å². The molecular formula is C11H21ClN4O2. The largest absolute Gasteiger partial charge is 0.383 e. The topological polar surface area (TPSA) is 68.2 Å². The zero-order valence-electron chi connectivity index (χ0n) is 11.0. The lowest BCUT2D eigenvalue weighted by molar-refractivity contribution is -0.120. The van der Waals surface area contributed by atoms with Crippen LogP contribution in [0.2, 0.25) is 0 Å². The van der Waals surface area contributed by atoms with Crippen LogP contribution in [0, 0.1) is 0 Å². The van der Waals surface area contributed by atoms with Gasteiger partial charge in [-0.1, -0.05) is 0 Å². The highest BCUT2D eigenvalue weighted by Crippen LogP contribution is 2.09. The number of aromatic nitrogens is 2. The number of rotatable bonds is 7. The lowest BCUT2D eigenvalue weighted by Crippen LogP contribution is -2.36. The van der Waals surface area contributed by atoms with Crippen LogP contribution in [0.3, 0.4) is 0 Å². The lowest BCUT2D eigenvalue weighted by atomic mass is 10.2. The molecule has 18 heavy (non-hydrogen) atoms. The zero-order chi connectivity index (χ0) is 12.7. The second-order valence-corrected chi connectivity index (χ2v) is 3.91. The minimum Gasteiger partial charge on any atom is -0.383 e. The highest BCUT2D eigenvalue weighted by atomic mass is 35.5. The standard InChI is InChI=1S/C11H20N4O2.ClH/c1-9(10-6-13-15(2)8-10)14-11(16)7-12-4-5-17-3;/h6,8-9,12H,4-5,7H2,1-3H3,(H,14,16);1H. The molecule has 0 fully saturated rings. The molecule has 0 radical (unpaired) electrons. The second kappa shape index (κ2) is 8.91. The van der Waals surface area contributed by atoms with Crippen molar-refractivity contribution in [3.8, 4) is 0 Å². The summed E-state index contributed by atoms with van der Waals surface area (Å²) in [6.45, 7) is 3.51. The van der Waals surface area contributed by atoms with Crippen LogP contribution in [0.1, 0.15) is 18.5 Å². The minimum atomic E-state index is -0.0301. The molecule has 6 nitrogen and oxygen atoms in total. The first-order valence-corrected chi connectivity index (χ1v) is 5.61. The van der Waals surface area contributed by atoms with Crippen LogP contribution in [0.5, 0.6) is 0 Å². The van der Waals surface area contributed by atoms with Gasteiger partial charge in [0.15, 0.2) is 0 Å². The van der Waals surface area contributed by atoms with Crippen molar-refractivity contribution >= 4 is 18.3 Å². The maximum Gasteiger partial charge on any atom is 0.234 e. The van der Waals surface area contributed by atoms with Crippen LogP contribution in [-0.4, -0.2) is 42.5 Å². The number of hydrogen-bond donors (Lipinski definition) is 2. The van der Waals surface area contributed by atoms with E-state index in [0.717, 1.165) is 5.56 Å². The fraction of sp³-hybridized carbons (Fsp3) is 0.636. The molecule has 104 valence electrons. The average Bonchev–Trinajstić information content (AvgIpc) is 2.71. The molecule has 1 aromatic heterocycles. The van der Waals surface area contributed by atoms with E-state index in [1.165, 1.54) is 0 Å². The molecule has 1 heterocycles. The Morgan fingerprint density at radius 1 is 1.61 bits per heavy atom. The van der Waals surface area contributed by atoms with E-state index in [2.05, 4.69) is 15.7 Å². The van der Waals surface area contributed by atoms with Gasteiger partial charge in [0, 0.05) is 32.5 Å². The number of hydrogen-bond acceptors (Lipinski definition) is 4. The molecule has 1 rings (SSSR count). The van der Waals surface area contributed by atoms with Crippen LogP contribution in [0.25, 0.3) is 0 Å². The van der Waals surface area contributed by atoms with E-state index in [4.69, 9.17) is 4.74 Å². The Labute approximate surface area is 113 Å². The van der Waals surface area contributed by atoms with Gasteiger partial charge < -0.3 is 15.4 Å². The van der Waals surface area contributed by atoms with Gasteiger partial charge >= 0.3 is 0 Å². The van der Waals surface area contributed by atoms with E-state index >= 15 is 0 Å². The summed E-state index contributed by atoms with van der Waals surface area (Å²) < 4.78 is 6.59. The first kappa shape index (κ1) is 16.9. The van der Waals surface area contributed by atoms with Crippen molar-refractivity contribution in [1.82, 2.24) is 20.4 Å². The van der Waals surface area contributed by atoms with Gasteiger partial charge in [0.1, 0.15) is 0 Å². The van der Waals surface area contributed by atoms with Gasteiger partial charge in [-0.15, -0.1) is 12.4 Å². The Bertz CT molecular complexity index is 357. The van der Waals surface area contributed by atoms with Crippen LogP contribution >= 0.6 is 12.4 Å². The lowest BCUT2D eigenvalue weighted by Gasteiger charge is -2.12. The van der Waals surface area contributed by atoms with Crippen molar-refractivity contribution in [1.29, 1.82) is 0 Å². The number of nitrogens with one attached hydrogen (secondary N) is 2. The number of amides is 1. The summed E-state index contributed by atoms with van der Waals surface area (Å²) >= 11 is 0. The van der Waals surface area contributed by atoms with Crippen molar-refractivity contribution < 1.29 is 9.53 Å². The molecule has 0 saturated heterocycles. The molecule has 0 aromatic carbocycles. The Hall–Kier alpha value is -1.11. The molecule has 0 aliphatic rings. The van der Waals surface area contributed by atoms with E-state index in [1.54, 1.807) is 18.0 Å². The molecule has 1 atom stereocenters. The Kier molecular flexibility index (Phi) is 8.36. The van der Waals surface area contributed by atoms with E-state index in [-0.39, 0.29) is 24.4 Å². The van der Waals surface area contributed by atoms with E-state index in [1.807, 2.05) is 20.2 Å². The summed E-state index contributed by atoms with van der Waals surface area (Å²) in [5.41, 5.74) is 0.998. The predicted octanol–water partition coefficient (Wildman–Crippen LogP) is 0.255. The van der Waals surface area contributed by atoms with Gasteiger partial charge in [-0.25, -0.2) is 0 Å². The Morgan fingerprint density at radius 2 is 2.33 bits per heavy atom. The van der Waals surface area contributed by atoms with Gasteiger partial charge in [0.2, 0.25) is 5.91 Å². The minimum absolute atomic E-state index is 0. The summed E-state index contributed by atoms with van der Waals surface area (Å²) in [5.74, 6) is -0.0301. The predicted molar refractivity (Wildman–Crippen MR) is 71.8 cm³/mol. The first-order chi connectivity index (χ1) is 8.13. The molecule has 7 heteroatoms. The fourth-order valence-corrected chi connectivity index (χ4v) is 1.42. The van der Waals surface area contributed by atoms with Gasteiger partial charge in [0.05, 0.1) is 25.4 Å². The molecule has 1 aromatic rings.